The Labute approximate surface area is 94.2 Å². The minimum absolute atomic E-state index is 0.0639. The summed E-state index contributed by atoms with van der Waals surface area (Å²) >= 11 is 0. The van der Waals surface area contributed by atoms with Gasteiger partial charge >= 0.3 is 0 Å². The van der Waals surface area contributed by atoms with Crippen molar-refractivity contribution in [2.45, 2.75) is 31.2 Å². The van der Waals surface area contributed by atoms with Crippen LogP contribution >= 0.6 is 0 Å². The molecule has 1 aromatic rings. The average molecular weight is 218 g/mol. The maximum atomic E-state index is 9.45. The van der Waals surface area contributed by atoms with E-state index in [-0.39, 0.29) is 17.8 Å². The quantitative estimate of drug-likeness (QED) is 0.792. The smallest absolute Gasteiger partial charge is 0.182 e. The first-order valence-electron chi connectivity index (χ1n) is 5.40. The second-order valence-electron chi connectivity index (χ2n) is 4.14. The Morgan fingerprint density at radius 2 is 2.06 bits per heavy atom. The van der Waals surface area contributed by atoms with Crippen LogP contribution in [0.3, 0.4) is 0 Å². The number of hydrogen-bond donors (Lipinski definition) is 2. The van der Waals surface area contributed by atoms with E-state index in [1.54, 1.807) is 6.20 Å². The number of rotatable bonds is 3. The van der Waals surface area contributed by atoms with E-state index in [2.05, 4.69) is 15.3 Å². The van der Waals surface area contributed by atoms with Crippen LogP contribution in [-0.2, 0) is 0 Å². The zero-order valence-electron chi connectivity index (χ0n) is 8.98. The lowest BCUT2D eigenvalue weighted by Crippen LogP contribution is -2.39. The molecule has 1 saturated carbocycles. The van der Waals surface area contributed by atoms with E-state index in [1.165, 1.54) is 6.20 Å². The van der Waals surface area contributed by atoms with Gasteiger partial charge in [-0.3, -0.25) is 0 Å². The summed E-state index contributed by atoms with van der Waals surface area (Å²) in [6.07, 6.45) is 7.04. The number of nitriles is 1. The van der Waals surface area contributed by atoms with Crippen LogP contribution in [0.4, 0.5) is 5.82 Å². The molecule has 1 aromatic heterocycles. The molecule has 0 atom stereocenters. The molecule has 2 N–H and O–H groups in total. The molecule has 0 unspecified atom stereocenters. The minimum atomic E-state index is -0.318. The number of aliphatic hydroxyl groups is 1. The van der Waals surface area contributed by atoms with Crippen molar-refractivity contribution in [3.05, 3.63) is 18.1 Å². The van der Waals surface area contributed by atoms with Crippen molar-refractivity contribution in [3.63, 3.8) is 0 Å². The standard InChI is InChI=1S/C11H14N4O/c12-7-9-10(14-6-5-13-9)15-11(8-16)3-1-2-4-11/h5-6,16H,1-4,8H2,(H,14,15). The van der Waals surface area contributed by atoms with E-state index in [4.69, 9.17) is 5.26 Å². The first-order chi connectivity index (χ1) is 7.79. The van der Waals surface area contributed by atoms with E-state index >= 15 is 0 Å². The van der Waals surface area contributed by atoms with Crippen molar-refractivity contribution in [1.82, 2.24) is 9.97 Å². The number of aliphatic hydroxyl groups excluding tert-OH is 1. The maximum absolute atomic E-state index is 9.45. The predicted octanol–water partition coefficient (Wildman–Crippen LogP) is 1.07. The molecule has 1 aliphatic carbocycles. The average Bonchev–Trinajstić information content (AvgIpc) is 2.79. The Hall–Kier alpha value is -1.67. The second kappa shape index (κ2) is 4.45. The molecule has 0 aliphatic heterocycles. The number of nitrogens with one attached hydrogen (secondary N) is 1. The molecule has 1 fully saturated rings. The highest BCUT2D eigenvalue weighted by molar-refractivity contribution is 5.49. The third-order valence-corrected chi connectivity index (χ3v) is 3.05. The Morgan fingerprint density at radius 1 is 1.38 bits per heavy atom. The minimum Gasteiger partial charge on any atom is -0.394 e. The lowest BCUT2D eigenvalue weighted by atomic mass is 9.99. The zero-order chi connectivity index (χ0) is 11.4. The molecule has 84 valence electrons. The summed E-state index contributed by atoms with van der Waals surface area (Å²) in [6, 6.07) is 1.99. The third kappa shape index (κ3) is 1.97. The van der Waals surface area contributed by atoms with E-state index in [1.807, 2.05) is 6.07 Å². The van der Waals surface area contributed by atoms with Crippen molar-refractivity contribution >= 4 is 5.82 Å². The summed E-state index contributed by atoms with van der Waals surface area (Å²) in [7, 11) is 0. The summed E-state index contributed by atoms with van der Waals surface area (Å²) in [5.74, 6) is 0.473. The van der Waals surface area contributed by atoms with Crippen LogP contribution in [-0.4, -0.2) is 27.2 Å². The highest BCUT2D eigenvalue weighted by atomic mass is 16.3. The molecule has 1 heterocycles. The van der Waals surface area contributed by atoms with Crippen LogP contribution in [0.2, 0.25) is 0 Å². The molecule has 0 amide bonds. The molecule has 5 heteroatoms. The molecule has 5 nitrogen and oxygen atoms in total. The van der Waals surface area contributed by atoms with Gasteiger partial charge in [-0.25, -0.2) is 9.97 Å². The van der Waals surface area contributed by atoms with Gasteiger partial charge in [-0.05, 0) is 12.8 Å². The lowest BCUT2D eigenvalue weighted by molar-refractivity contribution is 0.213. The van der Waals surface area contributed by atoms with Crippen molar-refractivity contribution in [3.8, 4) is 6.07 Å². The predicted molar refractivity (Wildman–Crippen MR) is 58.7 cm³/mol. The van der Waals surface area contributed by atoms with E-state index < -0.39 is 0 Å². The normalized spacial score (nSPS) is 18.0. The van der Waals surface area contributed by atoms with Gasteiger partial charge in [0, 0.05) is 12.4 Å². The third-order valence-electron chi connectivity index (χ3n) is 3.05. The summed E-state index contributed by atoms with van der Waals surface area (Å²) in [5, 5.41) is 21.5. The second-order valence-corrected chi connectivity index (χ2v) is 4.14. The van der Waals surface area contributed by atoms with Gasteiger partial charge < -0.3 is 10.4 Å². The molecule has 2 rings (SSSR count). The van der Waals surface area contributed by atoms with Gasteiger partial charge in [0.15, 0.2) is 11.5 Å². The largest absolute Gasteiger partial charge is 0.394 e. The van der Waals surface area contributed by atoms with E-state index in [0.717, 1.165) is 25.7 Å². The van der Waals surface area contributed by atoms with Crippen molar-refractivity contribution in [2.75, 3.05) is 11.9 Å². The lowest BCUT2D eigenvalue weighted by Gasteiger charge is -2.28. The first-order valence-corrected chi connectivity index (χ1v) is 5.40. The first kappa shape index (κ1) is 10.8. The van der Waals surface area contributed by atoms with Gasteiger partial charge in [0.05, 0.1) is 12.1 Å². The summed E-state index contributed by atoms with van der Waals surface area (Å²) in [5.41, 5.74) is -0.0380. The number of nitrogens with zero attached hydrogens (tertiary/aromatic N) is 3. The van der Waals surface area contributed by atoms with Gasteiger partial charge in [0.2, 0.25) is 0 Å². The van der Waals surface area contributed by atoms with Gasteiger partial charge in [0.25, 0.3) is 0 Å². The fourth-order valence-electron chi connectivity index (χ4n) is 2.14. The van der Waals surface area contributed by atoms with Crippen molar-refractivity contribution < 1.29 is 5.11 Å². The number of hydrogen-bond acceptors (Lipinski definition) is 5. The maximum Gasteiger partial charge on any atom is 0.182 e. The molecule has 0 bridgehead atoms. The van der Waals surface area contributed by atoms with Crippen molar-refractivity contribution in [1.29, 1.82) is 5.26 Å². The van der Waals surface area contributed by atoms with Gasteiger partial charge in [-0.15, -0.1) is 0 Å². The Morgan fingerprint density at radius 3 is 2.69 bits per heavy atom. The van der Waals surface area contributed by atoms with Crippen LogP contribution in [0.1, 0.15) is 31.4 Å². The van der Waals surface area contributed by atoms with Crippen LogP contribution in [0.5, 0.6) is 0 Å². The summed E-state index contributed by atoms with van der Waals surface area (Å²) < 4.78 is 0. The molecule has 16 heavy (non-hydrogen) atoms. The monoisotopic (exact) mass is 218 g/mol. The van der Waals surface area contributed by atoms with Gasteiger partial charge in [-0.1, -0.05) is 12.8 Å². The fraction of sp³-hybridized carbons (Fsp3) is 0.545. The Bertz CT molecular complexity index is 407. The topological polar surface area (TPSA) is 81.8 Å². The van der Waals surface area contributed by atoms with E-state index in [9.17, 15) is 5.11 Å². The molecule has 0 aromatic carbocycles. The van der Waals surface area contributed by atoms with Crippen LogP contribution < -0.4 is 5.32 Å². The van der Waals surface area contributed by atoms with Crippen molar-refractivity contribution in [2.24, 2.45) is 0 Å². The highest BCUT2D eigenvalue weighted by Gasteiger charge is 2.34. The summed E-state index contributed by atoms with van der Waals surface area (Å²) in [6.45, 7) is 0.0639. The SMILES string of the molecule is N#Cc1nccnc1NC1(CO)CCCC1. The van der Waals surface area contributed by atoms with Gasteiger partial charge in [-0.2, -0.15) is 5.26 Å². The fourth-order valence-corrected chi connectivity index (χ4v) is 2.14. The van der Waals surface area contributed by atoms with Crippen LogP contribution in [0, 0.1) is 11.3 Å². The molecule has 1 aliphatic rings. The zero-order valence-corrected chi connectivity index (χ0v) is 8.98. The Kier molecular flexibility index (Phi) is 3.02. The van der Waals surface area contributed by atoms with Crippen LogP contribution in [0.15, 0.2) is 12.4 Å². The van der Waals surface area contributed by atoms with Gasteiger partial charge in [0.1, 0.15) is 6.07 Å². The highest BCUT2D eigenvalue weighted by Crippen LogP contribution is 2.32. The molecule has 0 radical (unpaired) electrons. The summed E-state index contributed by atoms with van der Waals surface area (Å²) in [4.78, 5) is 8.04. The molecular weight excluding hydrogens is 204 g/mol. The Balaban J connectivity index is 2.23. The van der Waals surface area contributed by atoms with E-state index in [0.29, 0.717) is 5.82 Å². The molecular formula is C11H14N4O. The number of anilines is 1. The molecule has 0 saturated heterocycles. The van der Waals surface area contributed by atoms with Crippen LogP contribution in [0.25, 0.3) is 0 Å². The number of aromatic nitrogens is 2. The molecule has 0 spiro atoms.